The summed E-state index contributed by atoms with van der Waals surface area (Å²) >= 11 is 7.21. The van der Waals surface area contributed by atoms with Gasteiger partial charge in [-0.05, 0) is 55.6 Å². The molecule has 2 N–H and O–H groups in total. The van der Waals surface area contributed by atoms with Crippen molar-refractivity contribution in [3.63, 3.8) is 0 Å². The number of nitrogens with two attached hydrogens (primary N) is 1. The summed E-state index contributed by atoms with van der Waals surface area (Å²) in [6.07, 6.45) is 3.81. The Hall–Kier alpha value is -2.18. The quantitative estimate of drug-likeness (QED) is 0.456. The fourth-order valence-corrected chi connectivity index (χ4v) is 3.60. The number of rotatable bonds is 3. The maximum absolute atomic E-state index is 5.78. The summed E-state index contributed by atoms with van der Waals surface area (Å²) in [6.45, 7) is 0.784. The van der Waals surface area contributed by atoms with Crippen LogP contribution in [-0.2, 0) is 6.54 Å². The molecule has 2 aromatic carbocycles. The number of aromatic nitrogens is 3. The average Bonchev–Trinajstić information content (AvgIpc) is 2.94. The molecule has 25 heavy (non-hydrogen) atoms. The Morgan fingerprint density at radius 3 is 2.52 bits per heavy atom. The van der Waals surface area contributed by atoms with E-state index in [9.17, 15) is 0 Å². The zero-order valence-electron chi connectivity index (χ0n) is 13.2. The fourth-order valence-electron chi connectivity index (χ4n) is 2.92. The average molecular weight is 458 g/mol. The first-order chi connectivity index (χ1) is 12.1. The SMILES string of the molecule is Nc1nccc(-c2cn(Cc3ccccc3)c3cc(Br)c(Br)cc23)n1. The molecule has 0 bridgehead atoms. The predicted octanol–water partition coefficient (Wildman–Crippen LogP) is 5.25. The fraction of sp³-hybridized carbons (Fsp3) is 0.0526. The van der Waals surface area contributed by atoms with E-state index in [-0.39, 0.29) is 5.95 Å². The third-order valence-electron chi connectivity index (χ3n) is 4.07. The Morgan fingerprint density at radius 1 is 1.00 bits per heavy atom. The first-order valence-corrected chi connectivity index (χ1v) is 9.31. The minimum Gasteiger partial charge on any atom is -0.368 e. The van der Waals surface area contributed by atoms with Crippen LogP contribution in [0.25, 0.3) is 22.2 Å². The highest BCUT2D eigenvalue weighted by Crippen LogP contribution is 2.36. The lowest BCUT2D eigenvalue weighted by Crippen LogP contribution is -1.97. The molecular formula is C19H14Br2N4. The van der Waals surface area contributed by atoms with Crippen molar-refractivity contribution in [3.8, 4) is 11.3 Å². The van der Waals surface area contributed by atoms with Crippen molar-refractivity contribution in [2.24, 2.45) is 0 Å². The highest BCUT2D eigenvalue weighted by atomic mass is 79.9. The summed E-state index contributed by atoms with van der Waals surface area (Å²) < 4.78 is 4.25. The molecule has 2 aromatic heterocycles. The number of hydrogen-bond acceptors (Lipinski definition) is 3. The molecule has 0 amide bonds. The number of nitrogen functional groups attached to an aromatic ring is 1. The molecule has 0 radical (unpaired) electrons. The van der Waals surface area contributed by atoms with Gasteiger partial charge < -0.3 is 10.3 Å². The molecule has 0 atom stereocenters. The van der Waals surface area contributed by atoms with Gasteiger partial charge in [-0.25, -0.2) is 9.97 Å². The monoisotopic (exact) mass is 456 g/mol. The van der Waals surface area contributed by atoms with Gasteiger partial charge in [0.1, 0.15) is 0 Å². The molecule has 0 spiro atoms. The van der Waals surface area contributed by atoms with Gasteiger partial charge in [0.2, 0.25) is 5.95 Å². The minimum atomic E-state index is 0.276. The molecule has 0 aliphatic heterocycles. The van der Waals surface area contributed by atoms with E-state index in [1.165, 1.54) is 5.56 Å². The second-order valence-corrected chi connectivity index (χ2v) is 7.45. The zero-order chi connectivity index (χ0) is 17.4. The normalized spacial score (nSPS) is 11.1. The van der Waals surface area contributed by atoms with Crippen LogP contribution in [0.4, 0.5) is 5.95 Å². The molecule has 0 unspecified atom stereocenters. The topological polar surface area (TPSA) is 56.7 Å². The van der Waals surface area contributed by atoms with Gasteiger partial charge in [0.05, 0.1) is 11.2 Å². The van der Waals surface area contributed by atoms with Crippen LogP contribution >= 0.6 is 31.9 Å². The summed E-state index contributed by atoms with van der Waals surface area (Å²) in [5.74, 6) is 0.276. The molecule has 4 aromatic rings. The molecule has 6 heteroatoms. The Morgan fingerprint density at radius 2 is 1.76 bits per heavy atom. The number of fused-ring (bicyclic) bond motifs is 1. The molecule has 4 nitrogen and oxygen atoms in total. The second-order valence-electron chi connectivity index (χ2n) is 5.74. The third-order valence-corrected chi connectivity index (χ3v) is 5.91. The van der Waals surface area contributed by atoms with Crippen molar-refractivity contribution in [2.45, 2.75) is 6.54 Å². The number of halogens is 2. The number of benzene rings is 2. The third kappa shape index (κ3) is 3.19. The lowest BCUT2D eigenvalue weighted by Gasteiger charge is -2.06. The van der Waals surface area contributed by atoms with E-state index < -0.39 is 0 Å². The lowest BCUT2D eigenvalue weighted by molar-refractivity contribution is 0.837. The largest absolute Gasteiger partial charge is 0.368 e. The van der Waals surface area contributed by atoms with E-state index >= 15 is 0 Å². The van der Waals surface area contributed by atoms with Crippen molar-refractivity contribution >= 4 is 48.7 Å². The first kappa shape index (κ1) is 16.3. The standard InChI is InChI=1S/C19H14Br2N4/c20-15-8-13-14(17-6-7-23-19(22)24-17)11-25(18(13)9-16(15)21)10-12-4-2-1-3-5-12/h1-9,11H,10H2,(H2,22,23,24). The molecule has 0 aliphatic rings. The lowest BCUT2D eigenvalue weighted by atomic mass is 10.1. The van der Waals surface area contributed by atoms with Gasteiger partial charge in [0, 0.05) is 38.8 Å². The number of hydrogen-bond donors (Lipinski definition) is 1. The van der Waals surface area contributed by atoms with Gasteiger partial charge in [-0.2, -0.15) is 0 Å². The molecule has 0 saturated carbocycles. The van der Waals surface area contributed by atoms with Crippen LogP contribution in [0, 0.1) is 0 Å². The molecule has 0 aliphatic carbocycles. The van der Waals surface area contributed by atoms with Gasteiger partial charge in [0.25, 0.3) is 0 Å². The molecule has 0 fully saturated rings. The van der Waals surface area contributed by atoms with Crippen molar-refractivity contribution in [1.82, 2.24) is 14.5 Å². The van der Waals surface area contributed by atoms with Crippen LogP contribution in [0.1, 0.15) is 5.56 Å². The number of anilines is 1. The van der Waals surface area contributed by atoms with E-state index in [0.717, 1.165) is 37.7 Å². The molecular weight excluding hydrogens is 444 g/mol. The Kier molecular flexibility index (Phi) is 4.31. The highest BCUT2D eigenvalue weighted by molar-refractivity contribution is 9.13. The summed E-state index contributed by atoms with van der Waals surface area (Å²) in [4.78, 5) is 8.39. The van der Waals surface area contributed by atoms with E-state index in [2.05, 4.69) is 89.0 Å². The summed E-state index contributed by atoms with van der Waals surface area (Å²) in [7, 11) is 0. The number of nitrogens with zero attached hydrogens (tertiary/aromatic N) is 3. The molecule has 0 saturated heterocycles. The second kappa shape index (κ2) is 6.61. The van der Waals surface area contributed by atoms with Crippen LogP contribution in [0.3, 0.4) is 0 Å². The van der Waals surface area contributed by atoms with Crippen molar-refractivity contribution in [2.75, 3.05) is 5.73 Å². The van der Waals surface area contributed by atoms with Crippen LogP contribution in [0.2, 0.25) is 0 Å². The van der Waals surface area contributed by atoms with Crippen LogP contribution < -0.4 is 5.73 Å². The Labute approximate surface area is 162 Å². The van der Waals surface area contributed by atoms with Gasteiger partial charge in [-0.15, -0.1) is 0 Å². The highest BCUT2D eigenvalue weighted by Gasteiger charge is 2.14. The molecule has 124 valence electrons. The summed E-state index contributed by atoms with van der Waals surface area (Å²) in [5, 5.41) is 1.11. The summed E-state index contributed by atoms with van der Waals surface area (Å²) in [6, 6.07) is 16.5. The predicted molar refractivity (Wildman–Crippen MR) is 108 cm³/mol. The maximum atomic E-state index is 5.78. The van der Waals surface area contributed by atoms with Crippen LogP contribution in [0.15, 0.2) is 69.9 Å². The maximum Gasteiger partial charge on any atom is 0.220 e. The molecule has 4 rings (SSSR count). The van der Waals surface area contributed by atoms with Gasteiger partial charge in [0.15, 0.2) is 0 Å². The van der Waals surface area contributed by atoms with Crippen molar-refractivity contribution < 1.29 is 0 Å². The van der Waals surface area contributed by atoms with Gasteiger partial charge in [-0.3, -0.25) is 0 Å². The van der Waals surface area contributed by atoms with Gasteiger partial charge in [-0.1, -0.05) is 30.3 Å². The van der Waals surface area contributed by atoms with E-state index in [1.807, 2.05) is 12.1 Å². The van der Waals surface area contributed by atoms with Crippen molar-refractivity contribution in [3.05, 3.63) is 75.4 Å². The van der Waals surface area contributed by atoms with E-state index in [1.54, 1.807) is 6.20 Å². The van der Waals surface area contributed by atoms with Crippen LogP contribution in [0.5, 0.6) is 0 Å². The van der Waals surface area contributed by atoms with E-state index in [4.69, 9.17) is 5.73 Å². The van der Waals surface area contributed by atoms with E-state index in [0.29, 0.717) is 0 Å². The smallest absolute Gasteiger partial charge is 0.220 e. The van der Waals surface area contributed by atoms with Crippen LogP contribution in [-0.4, -0.2) is 14.5 Å². The first-order valence-electron chi connectivity index (χ1n) is 7.72. The van der Waals surface area contributed by atoms with Crippen molar-refractivity contribution in [1.29, 1.82) is 0 Å². The summed E-state index contributed by atoms with van der Waals surface area (Å²) in [5.41, 5.74) is 10.0. The minimum absolute atomic E-state index is 0.276. The Bertz CT molecular complexity index is 1060. The Balaban J connectivity index is 1.93. The molecule has 2 heterocycles. The zero-order valence-corrected chi connectivity index (χ0v) is 16.3. The van der Waals surface area contributed by atoms with Gasteiger partial charge >= 0.3 is 0 Å².